The third kappa shape index (κ3) is 3.07. The molecule has 2 aliphatic heterocycles. The highest BCUT2D eigenvalue weighted by Crippen LogP contribution is 2.35. The molecule has 116 valence electrons. The Bertz CT molecular complexity index is 866. The summed E-state index contributed by atoms with van der Waals surface area (Å²) in [6.45, 7) is -3.96. The van der Waals surface area contributed by atoms with E-state index in [4.69, 9.17) is 38.8 Å². The van der Waals surface area contributed by atoms with Crippen LogP contribution in [0.15, 0.2) is 30.3 Å². The van der Waals surface area contributed by atoms with Crippen molar-refractivity contribution in [3.05, 3.63) is 47.0 Å². The van der Waals surface area contributed by atoms with E-state index in [2.05, 4.69) is 0 Å². The Morgan fingerprint density at radius 1 is 0.909 bits per heavy atom. The fourth-order valence-corrected chi connectivity index (χ4v) is 2.21. The second-order valence-corrected chi connectivity index (χ2v) is 4.83. The van der Waals surface area contributed by atoms with E-state index in [0.717, 1.165) is 0 Å². The predicted octanol–water partition coefficient (Wildman–Crippen LogP) is 4.19. The Hall–Kier alpha value is -2.07. The SMILES string of the molecule is [2H]C([2H])([2H])c1cc2c(cc1CCl)OCO2.[2H]C([2H])([2H])c1ccc2c(c1)OCO2. The lowest BCUT2D eigenvalue weighted by molar-refractivity contribution is 0.173. The highest BCUT2D eigenvalue weighted by atomic mass is 35.5. The Balaban J connectivity index is 0.000000162. The van der Waals surface area contributed by atoms with E-state index in [9.17, 15) is 0 Å². The largest absolute Gasteiger partial charge is 0.454 e. The minimum absolute atomic E-state index is 0.127. The van der Waals surface area contributed by atoms with E-state index in [0.29, 0.717) is 28.6 Å². The highest BCUT2D eigenvalue weighted by Gasteiger charge is 2.14. The number of hydrogen-bond donors (Lipinski definition) is 0. The molecule has 0 fully saturated rings. The average Bonchev–Trinajstić information content (AvgIpc) is 3.27. The van der Waals surface area contributed by atoms with E-state index in [1.807, 2.05) is 0 Å². The van der Waals surface area contributed by atoms with Crippen molar-refractivity contribution in [2.45, 2.75) is 19.6 Å². The van der Waals surface area contributed by atoms with Crippen molar-refractivity contribution in [2.75, 3.05) is 13.6 Å². The maximum Gasteiger partial charge on any atom is 0.231 e. The summed E-state index contributed by atoms with van der Waals surface area (Å²) in [5, 5.41) is 0. The molecule has 2 heterocycles. The lowest BCUT2D eigenvalue weighted by Gasteiger charge is -2.03. The van der Waals surface area contributed by atoms with Gasteiger partial charge in [-0.25, -0.2) is 0 Å². The summed E-state index contributed by atoms with van der Waals surface area (Å²) < 4.78 is 64.0. The molecule has 0 bridgehead atoms. The van der Waals surface area contributed by atoms with Crippen LogP contribution in [-0.2, 0) is 5.88 Å². The number of aryl methyl sites for hydroxylation is 2. The molecule has 4 nitrogen and oxygen atoms in total. The molecule has 0 aromatic heterocycles. The van der Waals surface area contributed by atoms with Gasteiger partial charge >= 0.3 is 0 Å². The molecule has 2 aromatic carbocycles. The summed E-state index contributed by atoms with van der Waals surface area (Å²) in [5.74, 6) is 2.28. The van der Waals surface area contributed by atoms with Gasteiger partial charge in [-0.3, -0.25) is 0 Å². The highest BCUT2D eigenvalue weighted by molar-refractivity contribution is 6.17. The summed E-state index contributed by atoms with van der Waals surface area (Å²) >= 11 is 5.69. The Labute approximate surface area is 142 Å². The molecule has 0 saturated carbocycles. The van der Waals surface area contributed by atoms with Crippen LogP contribution < -0.4 is 18.9 Å². The first-order valence-electron chi connectivity index (χ1n) is 9.48. The van der Waals surface area contributed by atoms with E-state index in [1.165, 1.54) is 18.2 Å². The summed E-state index contributed by atoms with van der Waals surface area (Å²) in [5.41, 5.74) is 1.06. The van der Waals surface area contributed by atoms with Crippen molar-refractivity contribution >= 4 is 11.6 Å². The van der Waals surface area contributed by atoms with Crippen molar-refractivity contribution in [2.24, 2.45) is 0 Å². The summed E-state index contributed by atoms with van der Waals surface area (Å²) in [6.07, 6.45) is 0. The lowest BCUT2D eigenvalue weighted by atomic mass is 10.1. The van der Waals surface area contributed by atoms with Crippen molar-refractivity contribution in [1.82, 2.24) is 0 Å². The van der Waals surface area contributed by atoms with Crippen molar-refractivity contribution in [3.63, 3.8) is 0 Å². The van der Waals surface area contributed by atoms with Gasteiger partial charge in [0.2, 0.25) is 13.6 Å². The Morgan fingerprint density at radius 2 is 1.59 bits per heavy atom. The van der Waals surface area contributed by atoms with Gasteiger partial charge in [-0.15, -0.1) is 11.6 Å². The molecule has 0 spiro atoms. The molecular formula is C17H17ClO4. The zero-order valence-corrected chi connectivity index (χ0v) is 12.3. The van der Waals surface area contributed by atoms with Gasteiger partial charge in [-0.1, -0.05) is 6.07 Å². The number of alkyl halides is 1. The van der Waals surface area contributed by atoms with E-state index in [1.54, 1.807) is 12.1 Å². The summed E-state index contributed by atoms with van der Waals surface area (Å²) in [4.78, 5) is 0. The van der Waals surface area contributed by atoms with Gasteiger partial charge < -0.3 is 18.9 Å². The Kier molecular flexibility index (Phi) is 2.65. The fourth-order valence-electron chi connectivity index (χ4n) is 1.99. The van der Waals surface area contributed by atoms with Gasteiger partial charge in [0.25, 0.3) is 0 Å². The number of hydrogen-bond acceptors (Lipinski definition) is 4. The van der Waals surface area contributed by atoms with Gasteiger partial charge in [-0.2, -0.15) is 0 Å². The first-order valence-corrected chi connectivity index (χ1v) is 7.02. The average molecular weight is 327 g/mol. The molecule has 4 rings (SSSR count). The van der Waals surface area contributed by atoms with Crippen LogP contribution in [0.4, 0.5) is 0 Å². The molecule has 0 saturated heterocycles. The second-order valence-electron chi connectivity index (χ2n) is 4.56. The molecule has 0 aliphatic carbocycles. The van der Waals surface area contributed by atoms with E-state index >= 15 is 0 Å². The van der Waals surface area contributed by atoms with Crippen LogP contribution in [0.2, 0.25) is 0 Å². The third-order valence-corrected chi connectivity index (χ3v) is 3.40. The maximum atomic E-state index is 7.36. The molecule has 5 heteroatoms. The fraction of sp³-hybridized carbons (Fsp3) is 0.294. The lowest BCUT2D eigenvalue weighted by Crippen LogP contribution is -1.92. The van der Waals surface area contributed by atoms with Crippen molar-refractivity contribution < 1.29 is 27.2 Å². The number of benzene rings is 2. The number of ether oxygens (including phenoxy) is 4. The van der Waals surface area contributed by atoms with Gasteiger partial charge in [0.1, 0.15) is 0 Å². The second kappa shape index (κ2) is 6.36. The molecule has 0 unspecified atom stereocenters. The molecular weight excluding hydrogens is 304 g/mol. The van der Waals surface area contributed by atoms with Crippen LogP contribution >= 0.6 is 11.6 Å². The van der Waals surface area contributed by atoms with Gasteiger partial charge in [-0.05, 0) is 54.7 Å². The molecule has 0 radical (unpaired) electrons. The number of halogens is 1. The summed E-state index contributed by atoms with van der Waals surface area (Å²) in [6, 6.07) is 7.74. The molecule has 2 aromatic rings. The zero-order valence-electron chi connectivity index (χ0n) is 17.5. The smallest absolute Gasteiger partial charge is 0.231 e. The summed E-state index contributed by atoms with van der Waals surface area (Å²) in [7, 11) is 0. The first-order chi connectivity index (χ1) is 13.1. The van der Waals surface area contributed by atoms with Crippen molar-refractivity contribution in [3.8, 4) is 23.0 Å². The van der Waals surface area contributed by atoms with Crippen LogP contribution in [-0.4, -0.2) is 13.6 Å². The number of rotatable bonds is 1. The van der Waals surface area contributed by atoms with Crippen LogP contribution in [0.3, 0.4) is 0 Å². The normalized spacial score (nSPS) is 18.8. The predicted molar refractivity (Wildman–Crippen MR) is 84.2 cm³/mol. The minimum atomic E-state index is -2.18. The van der Waals surface area contributed by atoms with Crippen molar-refractivity contribution in [1.29, 1.82) is 0 Å². The quantitative estimate of drug-likeness (QED) is 0.736. The van der Waals surface area contributed by atoms with Gasteiger partial charge in [0, 0.05) is 14.1 Å². The topological polar surface area (TPSA) is 36.9 Å². The molecule has 0 amide bonds. The standard InChI is InChI=1S/C9H9ClO2.C8H8O2/c1-6-2-8-9(12-5-11-8)3-7(6)4-10;1-6-2-3-7-8(4-6)10-5-9-7/h2-3H,4-5H2,1H3;2-4H,5H2,1H3/i2*1D3. The van der Waals surface area contributed by atoms with Gasteiger partial charge in [0.15, 0.2) is 23.0 Å². The Morgan fingerprint density at radius 3 is 2.27 bits per heavy atom. The van der Waals surface area contributed by atoms with E-state index < -0.39 is 13.7 Å². The monoisotopic (exact) mass is 326 g/mol. The van der Waals surface area contributed by atoms with E-state index in [-0.39, 0.29) is 30.6 Å². The van der Waals surface area contributed by atoms with Crippen LogP contribution in [0.1, 0.15) is 24.9 Å². The van der Waals surface area contributed by atoms with Crippen LogP contribution in [0.25, 0.3) is 0 Å². The minimum Gasteiger partial charge on any atom is -0.454 e. The maximum absolute atomic E-state index is 7.36. The molecule has 0 atom stereocenters. The first kappa shape index (κ1) is 9.16. The van der Waals surface area contributed by atoms with Gasteiger partial charge in [0.05, 0.1) is 0 Å². The third-order valence-electron chi connectivity index (χ3n) is 3.11. The zero-order chi connectivity index (χ0) is 20.5. The number of fused-ring (bicyclic) bond motifs is 2. The van der Waals surface area contributed by atoms with Crippen LogP contribution in [0, 0.1) is 13.7 Å². The molecule has 0 N–H and O–H groups in total. The van der Waals surface area contributed by atoms with Crippen LogP contribution in [0.5, 0.6) is 23.0 Å². The molecule has 2 aliphatic rings. The molecule has 22 heavy (non-hydrogen) atoms.